The number of hydrogen-bond donors (Lipinski definition) is 1. The van der Waals surface area contributed by atoms with Crippen LogP contribution in [-0.4, -0.2) is 37.3 Å². The lowest BCUT2D eigenvalue weighted by molar-refractivity contribution is -0.00239. The zero-order valence-electron chi connectivity index (χ0n) is 10.0. The van der Waals surface area contributed by atoms with E-state index in [1.165, 1.54) is 16.5 Å². The van der Waals surface area contributed by atoms with Crippen LogP contribution in [0.5, 0.6) is 0 Å². The second-order valence-electron chi connectivity index (χ2n) is 4.22. The maximum atomic E-state index is 5.45. The Morgan fingerprint density at radius 3 is 2.75 bits per heavy atom. The van der Waals surface area contributed by atoms with Gasteiger partial charge in [-0.25, -0.2) is 0 Å². The third kappa shape index (κ3) is 2.10. The monoisotopic (exact) mass is 218 g/mol. The van der Waals surface area contributed by atoms with Crippen molar-refractivity contribution >= 4 is 10.9 Å². The number of H-pyrrole nitrogens is 1. The number of hydrogen-bond acceptors (Lipinski definition) is 2. The van der Waals surface area contributed by atoms with Gasteiger partial charge in [-0.2, -0.15) is 0 Å². The Hall–Kier alpha value is -1.32. The first-order valence-electron chi connectivity index (χ1n) is 5.46. The number of nitrogens with zero attached hydrogens (tertiary/aromatic N) is 1. The van der Waals surface area contributed by atoms with Crippen molar-refractivity contribution in [1.82, 2.24) is 9.88 Å². The van der Waals surface area contributed by atoms with Gasteiger partial charge in [0.2, 0.25) is 0 Å². The summed E-state index contributed by atoms with van der Waals surface area (Å²) in [6.07, 6.45) is 3.09. The quantitative estimate of drug-likeness (QED) is 0.797. The van der Waals surface area contributed by atoms with Crippen LogP contribution in [0.3, 0.4) is 0 Å². The second kappa shape index (κ2) is 4.68. The van der Waals surface area contributed by atoms with Crippen LogP contribution < -0.4 is 0 Å². The summed E-state index contributed by atoms with van der Waals surface area (Å²) in [6.45, 7) is 0. The van der Waals surface area contributed by atoms with Crippen LogP contribution in [0, 0.1) is 0 Å². The zero-order valence-corrected chi connectivity index (χ0v) is 10.0. The molecule has 0 saturated heterocycles. The van der Waals surface area contributed by atoms with Gasteiger partial charge in [0, 0.05) is 30.6 Å². The molecule has 3 nitrogen and oxygen atoms in total. The van der Waals surface area contributed by atoms with E-state index in [0.717, 1.165) is 6.42 Å². The van der Waals surface area contributed by atoms with E-state index in [9.17, 15) is 0 Å². The topological polar surface area (TPSA) is 28.3 Å². The molecule has 0 spiro atoms. The molecular formula is C13H18N2O. The van der Waals surface area contributed by atoms with Gasteiger partial charge in [0.25, 0.3) is 0 Å². The molecule has 3 heteroatoms. The van der Waals surface area contributed by atoms with Gasteiger partial charge in [-0.05, 0) is 25.7 Å². The SMILES string of the molecule is CO[C@@H](Cc1c[nH]c2ccccc12)N(C)C. The summed E-state index contributed by atoms with van der Waals surface area (Å²) in [5, 5.41) is 1.28. The predicted molar refractivity (Wildman–Crippen MR) is 66.5 cm³/mol. The smallest absolute Gasteiger partial charge is 0.113 e. The molecule has 2 aromatic rings. The second-order valence-corrected chi connectivity index (χ2v) is 4.22. The van der Waals surface area contributed by atoms with E-state index < -0.39 is 0 Å². The molecule has 0 saturated carbocycles. The molecule has 1 heterocycles. The van der Waals surface area contributed by atoms with Crippen LogP contribution in [0.15, 0.2) is 30.5 Å². The molecule has 0 aliphatic heterocycles. The van der Waals surface area contributed by atoms with Crippen LogP contribution in [0.4, 0.5) is 0 Å². The van der Waals surface area contributed by atoms with E-state index in [-0.39, 0.29) is 6.23 Å². The summed E-state index contributed by atoms with van der Waals surface area (Å²) in [5.74, 6) is 0. The number of fused-ring (bicyclic) bond motifs is 1. The number of aromatic nitrogens is 1. The third-order valence-electron chi connectivity index (χ3n) is 2.92. The van der Waals surface area contributed by atoms with Crippen molar-refractivity contribution in [2.75, 3.05) is 21.2 Å². The summed E-state index contributed by atoms with van der Waals surface area (Å²) in [7, 11) is 5.81. The summed E-state index contributed by atoms with van der Waals surface area (Å²) in [6, 6.07) is 8.35. The zero-order chi connectivity index (χ0) is 11.5. The number of rotatable bonds is 4. The number of nitrogens with one attached hydrogen (secondary N) is 1. The first kappa shape index (κ1) is 11.2. The van der Waals surface area contributed by atoms with Gasteiger partial charge in [-0.15, -0.1) is 0 Å². The Balaban J connectivity index is 2.27. The fourth-order valence-corrected chi connectivity index (χ4v) is 1.97. The largest absolute Gasteiger partial charge is 0.366 e. The fraction of sp³-hybridized carbons (Fsp3) is 0.385. The Kier molecular flexibility index (Phi) is 3.27. The van der Waals surface area contributed by atoms with Crippen molar-refractivity contribution in [3.05, 3.63) is 36.0 Å². The van der Waals surface area contributed by atoms with Crippen LogP contribution in [0.2, 0.25) is 0 Å². The summed E-state index contributed by atoms with van der Waals surface area (Å²) < 4.78 is 5.45. The molecule has 0 bridgehead atoms. The lowest BCUT2D eigenvalue weighted by Gasteiger charge is -2.22. The lowest BCUT2D eigenvalue weighted by Crippen LogP contribution is -2.31. The summed E-state index contributed by atoms with van der Waals surface area (Å²) >= 11 is 0. The number of para-hydroxylation sites is 1. The van der Waals surface area contributed by atoms with E-state index in [2.05, 4.69) is 34.3 Å². The van der Waals surface area contributed by atoms with E-state index in [1.54, 1.807) is 7.11 Å². The third-order valence-corrected chi connectivity index (χ3v) is 2.92. The molecule has 0 radical (unpaired) electrons. The minimum absolute atomic E-state index is 0.124. The highest BCUT2D eigenvalue weighted by molar-refractivity contribution is 5.83. The maximum absolute atomic E-state index is 5.45. The molecule has 16 heavy (non-hydrogen) atoms. The highest BCUT2D eigenvalue weighted by atomic mass is 16.5. The van der Waals surface area contributed by atoms with E-state index in [1.807, 2.05) is 20.2 Å². The van der Waals surface area contributed by atoms with Gasteiger partial charge in [0.05, 0.1) is 0 Å². The first-order valence-corrected chi connectivity index (χ1v) is 5.46. The molecule has 0 fully saturated rings. The molecule has 2 rings (SSSR count). The van der Waals surface area contributed by atoms with Crippen molar-refractivity contribution in [1.29, 1.82) is 0 Å². The summed E-state index contributed by atoms with van der Waals surface area (Å²) in [5.41, 5.74) is 2.49. The molecule has 0 aliphatic rings. The highest BCUT2D eigenvalue weighted by Gasteiger charge is 2.13. The number of ether oxygens (including phenoxy) is 1. The molecule has 1 aromatic carbocycles. The van der Waals surface area contributed by atoms with E-state index >= 15 is 0 Å². The molecule has 1 atom stereocenters. The Morgan fingerprint density at radius 1 is 1.31 bits per heavy atom. The molecule has 0 aliphatic carbocycles. The normalized spacial score (nSPS) is 13.5. The van der Waals surface area contributed by atoms with Crippen LogP contribution in [0.25, 0.3) is 10.9 Å². The minimum atomic E-state index is 0.124. The lowest BCUT2D eigenvalue weighted by atomic mass is 10.1. The number of aromatic amines is 1. The van der Waals surface area contributed by atoms with Crippen molar-refractivity contribution in [2.45, 2.75) is 12.6 Å². The average Bonchev–Trinajstić information content (AvgIpc) is 2.69. The van der Waals surface area contributed by atoms with Gasteiger partial charge in [-0.3, -0.25) is 4.90 Å². The fourth-order valence-electron chi connectivity index (χ4n) is 1.97. The minimum Gasteiger partial charge on any atom is -0.366 e. The standard InChI is InChI=1S/C13H18N2O/c1-15(2)13(16-3)8-10-9-14-12-7-5-4-6-11(10)12/h4-7,9,13-14H,8H2,1-3H3/t13-/m0/s1. The van der Waals surface area contributed by atoms with Gasteiger partial charge >= 0.3 is 0 Å². The predicted octanol–water partition coefficient (Wildman–Crippen LogP) is 2.24. The van der Waals surface area contributed by atoms with E-state index in [4.69, 9.17) is 4.74 Å². The molecule has 86 valence electrons. The van der Waals surface area contributed by atoms with Gasteiger partial charge < -0.3 is 9.72 Å². The van der Waals surface area contributed by atoms with Gasteiger partial charge in [0.15, 0.2) is 0 Å². The molecule has 0 amide bonds. The Labute approximate surface area is 96.0 Å². The Bertz CT molecular complexity index is 462. The molecule has 0 unspecified atom stereocenters. The van der Waals surface area contributed by atoms with Gasteiger partial charge in [0.1, 0.15) is 6.23 Å². The molecule has 1 aromatic heterocycles. The first-order chi connectivity index (χ1) is 7.72. The van der Waals surface area contributed by atoms with Crippen LogP contribution in [0.1, 0.15) is 5.56 Å². The van der Waals surface area contributed by atoms with Crippen molar-refractivity contribution in [3.8, 4) is 0 Å². The molecule has 1 N–H and O–H groups in total. The summed E-state index contributed by atoms with van der Waals surface area (Å²) in [4.78, 5) is 5.37. The van der Waals surface area contributed by atoms with E-state index in [0.29, 0.717) is 0 Å². The highest BCUT2D eigenvalue weighted by Crippen LogP contribution is 2.19. The van der Waals surface area contributed by atoms with Crippen LogP contribution in [-0.2, 0) is 11.2 Å². The van der Waals surface area contributed by atoms with Crippen molar-refractivity contribution in [3.63, 3.8) is 0 Å². The number of likely N-dealkylation sites (N-methyl/N-ethyl adjacent to an activating group) is 1. The Morgan fingerprint density at radius 2 is 2.06 bits per heavy atom. The maximum Gasteiger partial charge on any atom is 0.113 e. The number of methoxy groups -OCH3 is 1. The average molecular weight is 218 g/mol. The molecular weight excluding hydrogens is 200 g/mol. The number of benzene rings is 1. The van der Waals surface area contributed by atoms with Crippen molar-refractivity contribution < 1.29 is 4.74 Å². The van der Waals surface area contributed by atoms with Crippen LogP contribution >= 0.6 is 0 Å². The van der Waals surface area contributed by atoms with Gasteiger partial charge in [-0.1, -0.05) is 18.2 Å². The van der Waals surface area contributed by atoms with Crippen molar-refractivity contribution in [2.24, 2.45) is 0 Å².